The molecule has 0 radical (unpaired) electrons. The summed E-state index contributed by atoms with van der Waals surface area (Å²) in [7, 11) is 3.25. The number of rotatable bonds is 14. The molecule has 1 saturated carbocycles. The molecule has 1 aliphatic rings. The van der Waals surface area contributed by atoms with Gasteiger partial charge in [-0.25, -0.2) is 0 Å². The first kappa shape index (κ1) is 29.0. The second kappa shape index (κ2) is 15.0. The highest BCUT2D eigenvalue weighted by Crippen LogP contribution is 2.22. The first-order valence-electron chi connectivity index (χ1n) is 14.1. The molecule has 3 aromatic rings. The molecule has 0 heterocycles. The zero-order valence-electron chi connectivity index (χ0n) is 23.5. The average molecular weight is 545 g/mol. The molecule has 3 aromatic carbocycles. The van der Waals surface area contributed by atoms with Crippen molar-refractivity contribution in [2.24, 2.45) is 0 Å². The van der Waals surface area contributed by atoms with E-state index in [-0.39, 0.29) is 24.3 Å². The maximum Gasteiger partial charge on any atom is 0.243 e. The van der Waals surface area contributed by atoms with Crippen LogP contribution < -0.4 is 19.5 Å². The minimum atomic E-state index is -0.635. The van der Waals surface area contributed by atoms with Crippen LogP contribution in [0.4, 0.5) is 0 Å². The van der Waals surface area contributed by atoms with Crippen LogP contribution in [0.25, 0.3) is 0 Å². The molecule has 4 rings (SSSR count). The van der Waals surface area contributed by atoms with Gasteiger partial charge in [0, 0.05) is 25.4 Å². The standard InChI is InChI=1S/C33H40N2O5/c1-38-28-17-19-29(20-18-28)40-21-9-16-32(36)35(24-26-12-8-15-30(22-26)39-2)31(23-25-10-4-3-5-11-25)33(37)34-27-13-6-7-14-27/h3-5,8,10-12,15,17-20,22,27,31H,6-7,9,13-14,16,21,23-24H2,1-2H3,(H,34,37). The summed E-state index contributed by atoms with van der Waals surface area (Å²) in [5, 5.41) is 3.25. The summed E-state index contributed by atoms with van der Waals surface area (Å²) in [6.07, 6.45) is 5.44. The van der Waals surface area contributed by atoms with Gasteiger partial charge in [0.05, 0.1) is 20.8 Å². The molecule has 0 aromatic heterocycles. The van der Waals surface area contributed by atoms with Crippen LogP contribution in [0.3, 0.4) is 0 Å². The van der Waals surface area contributed by atoms with Gasteiger partial charge in [0.1, 0.15) is 23.3 Å². The summed E-state index contributed by atoms with van der Waals surface area (Å²) in [6.45, 7) is 0.702. The Morgan fingerprint density at radius 1 is 0.850 bits per heavy atom. The first-order chi connectivity index (χ1) is 19.6. The van der Waals surface area contributed by atoms with Crippen LogP contribution in [-0.4, -0.2) is 49.6 Å². The summed E-state index contributed by atoms with van der Waals surface area (Å²) in [5.41, 5.74) is 1.93. The van der Waals surface area contributed by atoms with Crippen molar-refractivity contribution < 1.29 is 23.8 Å². The number of methoxy groups -OCH3 is 2. The van der Waals surface area contributed by atoms with Gasteiger partial charge >= 0.3 is 0 Å². The molecule has 1 N–H and O–H groups in total. The smallest absolute Gasteiger partial charge is 0.243 e. The summed E-state index contributed by atoms with van der Waals surface area (Å²) < 4.78 is 16.5. The molecule has 1 unspecified atom stereocenters. The third-order valence-electron chi connectivity index (χ3n) is 7.32. The molecule has 1 aliphatic carbocycles. The Balaban J connectivity index is 1.51. The lowest BCUT2D eigenvalue weighted by molar-refractivity contribution is -0.141. The van der Waals surface area contributed by atoms with Crippen LogP contribution >= 0.6 is 0 Å². The monoisotopic (exact) mass is 544 g/mol. The van der Waals surface area contributed by atoms with Crippen molar-refractivity contribution in [3.63, 3.8) is 0 Å². The highest BCUT2D eigenvalue weighted by Gasteiger charge is 2.32. The van der Waals surface area contributed by atoms with Crippen LogP contribution in [0.5, 0.6) is 17.2 Å². The molecule has 0 spiro atoms. The van der Waals surface area contributed by atoms with E-state index < -0.39 is 6.04 Å². The molecular weight excluding hydrogens is 504 g/mol. The summed E-state index contributed by atoms with van der Waals surface area (Å²) >= 11 is 0. The van der Waals surface area contributed by atoms with E-state index in [0.29, 0.717) is 31.7 Å². The number of carbonyl (C=O) groups excluding carboxylic acids is 2. The number of carbonyl (C=O) groups is 2. The highest BCUT2D eigenvalue weighted by molar-refractivity contribution is 5.88. The Hall–Kier alpha value is -4.00. The van der Waals surface area contributed by atoms with Crippen molar-refractivity contribution in [1.29, 1.82) is 0 Å². The van der Waals surface area contributed by atoms with Crippen LogP contribution in [0.2, 0.25) is 0 Å². The number of hydrogen-bond acceptors (Lipinski definition) is 5. The Morgan fingerprint density at radius 2 is 1.52 bits per heavy atom. The van der Waals surface area contributed by atoms with E-state index in [1.165, 1.54) is 0 Å². The number of nitrogens with one attached hydrogen (secondary N) is 1. The minimum absolute atomic E-state index is 0.0800. The van der Waals surface area contributed by atoms with Crippen LogP contribution in [-0.2, 0) is 22.6 Å². The number of nitrogens with zero attached hydrogens (tertiary/aromatic N) is 1. The lowest BCUT2D eigenvalue weighted by atomic mass is 10.0. The molecule has 0 saturated heterocycles. The predicted octanol–water partition coefficient (Wildman–Crippen LogP) is 5.56. The highest BCUT2D eigenvalue weighted by atomic mass is 16.5. The third-order valence-corrected chi connectivity index (χ3v) is 7.32. The Kier molecular flexibility index (Phi) is 10.8. The average Bonchev–Trinajstić information content (AvgIpc) is 3.51. The SMILES string of the molecule is COc1ccc(OCCCC(=O)N(Cc2cccc(OC)c2)C(Cc2ccccc2)C(=O)NC2CCCC2)cc1. The van der Waals surface area contributed by atoms with E-state index in [1.54, 1.807) is 19.1 Å². The molecule has 212 valence electrons. The lowest BCUT2D eigenvalue weighted by Crippen LogP contribution is -2.52. The lowest BCUT2D eigenvalue weighted by Gasteiger charge is -2.32. The summed E-state index contributed by atoms with van der Waals surface area (Å²) in [5.74, 6) is 2.02. The minimum Gasteiger partial charge on any atom is -0.497 e. The van der Waals surface area contributed by atoms with Gasteiger partial charge in [-0.05, 0) is 66.8 Å². The second-order valence-corrected chi connectivity index (χ2v) is 10.2. The molecule has 0 aliphatic heterocycles. The van der Waals surface area contributed by atoms with Crippen LogP contribution in [0.15, 0.2) is 78.9 Å². The van der Waals surface area contributed by atoms with Crippen molar-refractivity contribution >= 4 is 11.8 Å². The molecule has 1 atom stereocenters. The third kappa shape index (κ3) is 8.50. The molecule has 1 fully saturated rings. The largest absolute Gasteiger partial charge is 0.497 e. The quantitative estimate of drug-likeness (QED) is 0.269. The second-order valence-electron chi connectivity index (χ2n) is 10.2. The molecule has 2 amide bonds. The van der Waals surface area contributed by atoms with Crippen molar-refractivity contribution in [3.8, 4) is 17.2 Å². The number of benzene rings is 3. The molecule has 40 heavy (non-hydrogen) atoms. The maximum absolute atomic E-state index is 13.8. The van der Waals surface area contributed by atoms with Crippen LogP contribution in [0.1, 0.15) is 49.7 Å². The Morgan fingerprint density at radius 3 is 2.23 bits per heavy atom. The van der Waals surface area contributed by atoms with Crippen molar-refractivity contribution in [1.82, 2.24) is 10.2 Å². The zero-order valence-corrected chi connectivity index (χ0v) is 23.5. The van der Waals surface area contributed by atoms with Crippen LogP contribution in [0, 0.1) is 0 Å². The first-order valence-corrected chi connectivity index (χ1v) is 14.1. The molecule has 7 heteroatoms. The van der Waals surface area contributed by atoms with E-state index in [0.717, 1.165) is 48.3 Å². The fourth-order valence-corrected chi connectivity index (χ4v) is 5.12. The van der Waals surface area contributed by atoms with Gasteiger partial charge in [0.25, 0.3) is 0 Å². The number of hydrogen-bond donors (Lipinski definition) is 1. The topological polar surface area (TPSA) is 77.1 Å². The van der Waals surface area contributed by atoms with E-state index in [9.17, 15) is 9.59 Å². The van der Waals surface area contributed by atoms with E-state index in [1.807, 2.05) is 78.9 Å². The predicted molar refractivity (Wildman–Crippen MR) is 156 cm³/mol. The number of ether oxygens (including phenoxy) is 3. The molecule has 0 bridgehead atoms. The normalized spacial score (nSPS) is 13.8. The van der Waals surface area contributed by atoms with Crippen molar-refractivity contribution in [2.45, 2.75) is 63.6 Å². The Labute approximate surface area is 237 Å². The Bertz CT molecular complexity index is 1210. The van der Waals surface area contributed by atoms with Gasteiger partial charge in [-0.2, -0.15) is 0 Å². The van der Waals surface area contributed by atoms with Crippen molar-refractivity contribution in [2.75, 3.05) is 20.8 Å². The van der Waals surface area contributed by atoms with Gasteiger partial charge in [0.2, 0.25) is 11.8 Å². The fraction of sp³-hybridized carbons (Fsp3) is 0.394. The maximum atomic E-state index is 13.8. The van der Waals surface area contributed by atoms with E-state index >= 15 is 0 Å². The van der Waals surface area contributed by atoms with Gasteiger partial charge in [0.15, 0.2) is 0 Å². The van der Waals surface area contributed by atoms with E-state index in [4.69, 9.17) is 14.2 Å². The van der Waals surface area contributed by atoms with E-state index in [2.05, 4.69) is 5.32 Å². The number of amides is 2. The fourth-order valence-electron chi connectivity index (χ4n) is 5.12. The summed E-state index contributed by atoms with van der Waals surface area (Å²) in [4.78, 5) is 29.3. The van der Waals surface area contributed by atoms with Gasteiger partial charge in [-0.3, -0.25) is 9.59 Å². The summed E-state index contributed by atoms with van der Waals surface area (Å²) in [6, 6.07) is 24.5. The van der Waals surface area contributed by atoms with Crippen molar-refractivity contribution in [3.05, 3.63) is 90.0 Å². The van der Waals surface area contributed by atoms with Gasteiger partial charge < -0.3 is 24.4 Å². The molecular formula is C33H40N2O5. The van der Waals surface area contributed by atoms with Gasteiger partial charge in [-0.1, -0.05) is 55.3 Å². The molecule has 7 nitrogen and oxygen atoms in total. The zero-order chi connectivity index (χ0) is 28.2. The van der Waals surface area contributed by atoms with Gasteiger partial charge in [-0.15, -0.1) is 0 Å².